The Hall–Kier alpha value is -2.63. The average Bonchev–Trinajstić information content (AvgIpc) is 3.26. The third-order valence-corrected chi connectivity index (χ3v) is 7.15. The van der Waals surface area contributed by atoms with Gasteiger partial charge in [-0.3, -0.25) is 14.2 Å². The van der Waals surface area contributed by atoms with Gasteiger partial charge < -0.3 is 5.32 Å². The lowest BCUT2D eigenvalue weighted by atomic mass is 10.2. The van der Waals surface area contributed by atoms with Crippen LogP contribution in [0.25, 0.3) is 10.2 Å². The fourth-order valence-electron chi connectivity index (χ4n) is 3.33. The molecule has 28 heavy (non-hydrogen) atoms. The average molecular weight is 411 g/mol. The molecule has 142 valence electrons. The summed E-state index contributed by atoms with van der Waals surface area (Å²) in [6.45, 7) is 1.78. The number of hydrogen-bond donors (Lipinski definition) is 1. The molecule has 0 aliphatic heterocycles. The highest BCUT2D eigenvalue weighted by Crippen LogP contribution is 2.35. The number of fused-ring (bicyclic) bond motifs is 3. The molecule has 3 aromatic rings. The third kappa shape index (κ3) is 3.32. The molecular weight excluding hydrogens is 392 g/mol. The number of rotatable bonds is 4. The van der Waals surface area contributed by atoms with Crippen LogP contribution in [-0.4, -0.2) is 20.7 Å². The van der Waals surface area contributed by atoms with E-state index in [-0.39, 0.29) is 11.5 Å². The number of thiophene rings is 1. The molecule has 0 saturated heterocycles. The summed E-state index contributed by atoms with van der Waals surface area (Å²) in [5.41, 5.74) is 2.18. The number of anilines is 1. The summed E-state index contributed by atoms with van der Waals surface area (Å²) in [5.74, 6) is -0.205. The predicted octanol–water partition coefficient (Wildman–Crippen LogP) is 3.47. The fourth-order valence-corrected chi connectivity index (χ4v) is 5.51. The molecule has 1 N–H and O–H groups in total. The van der Waals surface area contributed by atoms with Gasteiger partial charge in [0.05, 0.1) is 22.3 Å². The van der Waals surface area contributed by atoms with E-state index in [0.717, 1.165) is 35.0 Å². The summed E-state index contributed by atoms with van der Waals surface area (Å²) < 4.78 is 1.54. The molecule has 1 aliphatic carbocycles. The van der Waals surface area contributed by atoms with Crippen LogP contribution in [0.3, 0.4) is 0 Å². The molecule has 2 aromatic heterocycles. The quantitative estimate of drug-likeness (QED) is 0.526. The molecule has 0 unspecified atom stereocenters. The molecule has 8 heteroatoms. The van der Waals surface area contributed by atoms with Gasteiger partial charge in [-0.05, 0) is 49.9 Å². The Labute approximate surface area is 170 Å². The second kappa shape index (κ2) is 7.41. The van der Waals surface area contributed by atoms with Crippen molar-refractivity contribution in [1.29, 1.82) is 5.26 Å². The Morgan fingerprint density at radius 3 is 3.04 bits per heavy atom. The van der Waals surface area contributed by atoms with Crippen LogP contribution in [0.2, 0.25) is 0 Å². The predicted molar refractivity (Wildman–Crippen MR) is 112 cm³/mol. The van der Waals surface area contributed by atoms with Gasteiger partial charge in [-0.25, -0.2) is 4.98 Å². The van der Waals surface area contributed by atoms with E-state index in [4.69, 9.17) is 5.26 Å². The number of nitriles is 1. The fraction of sp³-hybridized carbons (Fsp3) is 0.300. The number of amides is 1. The number of nitrogens with one attached hydrogen (secondary N) is 1. The number of nitrogens with zero attached hydrogens (tertiary/aromatic N) is 3. The van der Waals surface area contributed by atoms with E-state index < -0.39 is 5.25 Å². The van der Waals surface area contributed by atoms with Crippen molar-refractivity contribution >= 4 is 44.9 Å². The number of aromatic nitrogens is 2. The van der Waals surface area contributed by atoms with Crippen molar-refractivity contribution in [3.8, 4) is 6.07 Å². The minimum Gasteiger partial charge on any atom is -0.325 e. The van der Waals surface area contributed by atoms with E-state index in [9.17, 15) is 9.59 Å². The summed E-state index contributed by atoms with van der Waals surface area (Å²) in [5, 5.41) is 12.6. The Morgan fingerprint density at radius 1 is 1.43 bits per heavy atom. The lowest BCUT2D eigenvalue weighted by molar-refractivity contribution is -0.115. The van der Waals surface area contributed by atoms with Crippen LogP contribution >= 0.6 is 23.1 Å². The zero-order valence-corrected chi connectivity index (χ0v) is 17.1. The maximum absolute atomic E-state index is 12.9. The Balaban J connectivity index is 1.57. The normalized spacial score (nSPS) is 13.9. The SMILES string of the molecule is C[C@@H](Sc1nc2sc3c(c2c(=O)n1C)CCC3)C(=O)Nc1cccc(C#N)c1. The van der Waals surface area contributed by atoms with E-state index in [1.807, 2.05) is 0 Å². The van der Waals surface area contributed by atoms with Crippen LogP contribution in [0.1, 0.15) is 29.3 Å². The van der Waals surface area contributed by atoms with Gasteiger partial charge in [0.15, 0.2) is 5.16 Å². The number of hydrogen-bond acceptors (Lipinski definition) is 6. The molecule has 0 saturated carbocycles. The highest BCUT2D eigenvalue weighted by molar-refractivity contribution is 8.00. The van der Waals surface area contributed by atoms with Crippen LogP contribution < -0.4 is 10.9 Å². The molecule has 0 fully saturated rings. The molecule has 6 nitrogen and oxygen atoms in total. The van der Waals surface area contributed by atoms with Crippen LogP contribution in [0.5, 0.6) is 0 Å². The standard InChI is InChI=1S/C20H18N4O2S2/c1-11(17(25)22-13-6-3-5-12(9-13)10-21)27-20-23-18-16(19(26)24(20)2)14-7-4-8-15(14)28-18/h3,5-6,9,11H,4,7-8H2,1-2H3,(H,22,25)/t11-/m1/s1. The maximum Gasteiger partial charge on any atom is 0.262 e. The second-order valence-electron chi connectivity index (χ2n) is 6.74. The van der Waals surface area contributed by atoms with Gasteiger partial charge in [0.1, 0.15) is 4.83 Å². The number of aryl methyl sites for hydroxylation is 2. The first-order valence-electron chi connectivity index (χ1n) is 8.97. The Morgan fingerprint density at radius 2 is 2.25 bits per heavy atom. The van der Waals surface area contributed by atoms with E-state index in [1.54, 1.807) is 54.1 Å². The molecule has 4 rings (SSSR count). The first kappa shape index (κ1) is 18.7. The van der Waals surface area contributed by atoms with Gasteiger partial charge >= 0.3 is 0 Å². The first-order valence-corrected chi connectivity index (χ1v) is 10.7. The van der Waals surface area contributed by atoms with Crippen molar-refractivity contribution in [2.75, 3.05) is 5.32 Å². The molecule has 0 radical (unpaired) electrons. The van der Waals surface area contributed by atoms with E-state index in [2.05, 4.69) is 16.4 Å². The van der Waals surface area contributed by atoms with Gasteiger partial charge in [0, 0.05) is 17.6 Å². The van der Waals surface area contributed by atoms with Crippen LogP contribution in [0.15, 0.2) is 34.2 Å². The largest absolute Gasteiger partial charge is 0.325 e. The van der Waals surface area contributed by atoms with Gasteiger partial charge in [-0.15, -0.1) is 11.3 Å². The van der Waals surface area contributed by atoms with Gasteiger partial charge in [0.2, 0.25) is 5.91 Å². The first-order chi connectivity index (χ1) is 13.5. The van der Waals surface area contributed by atoms with Crippen LogP contribution in [0.4, 0.5) is 5.69 Å². The van der Waals surface area contributed by atoms with Crippen LogP contribution in [0, 0.1) is 11.3 Å². The lowest BCUT2D eigenvalue weighted by Crippen LogP contribution is -2.25. The molecule has 1 amide bonds. The summed E-state index contributed by atoms with van der Waals surface area (Å²) in [4.78, 5) is 32.1. The van der Waals surface area contributed by atoms with Crippen molar-refractivity contribution in [3.63, 3.8) is 0 Å². The number of carbonyl (C=O) groups is 1. The van der Waals surface area contributed by atoms with Crippen LogP contribution in [-0.2, 0) is 24.7 Å². The Bertz CT molecular complexity index is 1190. The molecule has 2 heterocycles. The summed E-state index contributed by atoms with van der Waals surface area (Å²) in [6.07, 6.45) is 3.06. The summed E-state index contributed by atoms with van der Waals surface area (Å²) in [6, 6.07) is 8.83. The highest BCUT2D eigenvalue weighted by atomic mass is 32.2. The topological polar surface area (TPSA) is 87.8 Å². The maximum atomic E-state index is 12.9. The highest BCUT2D eigenvalue weighted by Gasteiger charge is 2.24. The third-order valence-electron chi connectivity index (χ3n) is 4.82. The number of thioether (sulfide) groups is 1. The monoisotopic (exact) mass is 410 g/mol. The van der Waals surface area contributed by atoms with E-state index in [0.29, 0.717) is 16.4 Å². The zero-order chi connectivity index (χ0) is 19.8. The van der Waals surface area contributed by atoms with Crippen molar-refractivity contribution in [2.24, 2.45) is 7.05 Å². The summed E-state index contributed by atoms with van der Waals surface area (Å²) in [7, 11) is 1.71. The summed E-state index contributed by atoms with van der Waals surface area (Å²) >= 11 is 2.86. The number of benzene rings is 1. The molecular formula is C20H18N4O2S2. The molecule has 1 aliphatic rings. The molecule has 0 bridgehead atoms. The van der Waals surface area contributed by atoms with Crippen molar-refractivity contribution < 1.29 is 4.79 Å². The Kier molecular flexibility index (Phi) is 4.96. The van der Waals surface area contributed by atoms with Crippen molar-refractivity contribution in [3.05, 3.63) is 50.6 Å². The zero-order valence-electron chi connectivity index (χ0n) is 15.5. The van der Waals surface area contributed by atoms with Crippen molar-refractivity contribution in [2.45, 2.75) is 36.6 Å². The number of carbonyl (C=O) groups excluding carboxylic acids is 1. The second-order valence-corrected chi connectivity index (χ2v) is 9.13. The minimum atomic E-state index is -0.451. The van der Waals surface area contributed by atoms with Crippen molar-refractivity contribution in [1.82, 2.24) is 9.55 Å². The van der Waals surface area contributed by atoms with E-state index in [1.165, 1.54) is 16.6 Å². The molecule has 1 aromatic carbocycles. The molecule has 1 atom stereocenters. The smallest absolute Gasteiger partial charge is 0.262 e. The minimum absolute atomic E-state index is 0.0405. The van der Waals surface area contributed by atoms with Gasteiger partial charge in [-0.2, -0.15) is 5.26 Å². The lowest BCUT2D eigenvalue weighted by Gasteiger charge is -2.13. The van der Waals surface area contributed by atoms with Gasteiger partial charge in [-0.1, -0.05) is 17.8 Å². The molecule has 0 spiro atoms. The van der Waals surface area contributed by atoms with Gasteiger partial charge in [0.25, 0.3) is 5.56 Å². The van der Waals surface area contributed by atoms with E-state index >= 15 is 0 Å².